The average molecular weight is 650 g/mol. The molecular weight excluding hydrogens is 623 g/mol. The molecule has 4 N–H and O–H groups in total. The highest BCUT2D eigenvalue weighted by Gasteiger charge is 2.47. The Morgan fingerprint density at radius 3 is 2.48 bits per heavy atom. The predicted molar refractivity (Wildman–Crippen MR) is 155 cm³/mol. The van der Waals surface area contributed by atoms with Crippen LogP contribution in [0.2, 0.25) is 5.02 Å². The fourth-order valence-electron chi connectivity index (χ4n) is 5.22. The maximum atomic E-state index is 11.9. The zero-order valence-corrected chi connectivity index (χ0v) is 24.8. The van der Waals surface area contributed by atoms with E-state index < -0.39 is 12.1 Å². The molecule has 1 saturated heterocycles. The van der Waals surface area contributed by atoms with Gasteiger partial charge in [-0.25, -0.2) is 19.7 Å². The van der Waals surface area contributed by atoms with E-state index in [9.17, 15) is 18.0 Å². The molecule has 6 heterocycles. The number of carboxylic acids is 1. The number of carboxylic acid groups (broad SMARTS) is 1. The quantitative estimate of drug-likeness (QED) is 0.289. The topological polar surface area (TPSA) is 157 Å². The molecule has 0 radical (unpaired) electrons. The molecule has 232 valence electrons. The van der Waals surface area contributed by atoms with Gasteiger partial charge in [-0.05, 0) is 31.0 Å². The predicted octanol–water partition coefficient (Wildman–Crippen LogP) is 3.96. The Bertz CT molecular complexity index is 1650. The lowest BCUT2D eigenvalue weighted by Crippen LogP contribution is -2.45. The van der Waals surface area contributed by atoms with Gasteiger partial charge in [0.2, 0.25) is 0 Å². The van der Waals surface area contributed by atoms with Crippen LogP contribution in [-0.2, 0) is 11.3 Å². The summed E-state index contributed by atoms with van der Waals surface area (Å²) >= 11 is 8.11. The van der Waals surface area contributed by atoms with Gasteiger partial charge in [0.15, 0.2) is 5.82 Å². The highest BCUT2D eigenvalue weighted by atomic mass is 35.5. The van der Waals surface area contributed by atoms with Crippen molar-refractivity contribution in [3.63, 3.8) is 0 Å². The normalized spacial score (nSPS) is 17.1. The maximum Gasteiger partial charge on any atom is 0.490 e. The van der Waals surface area contributed by atoms with Gasteiger partial charge in [0.1, 0.15) is 10.8 Å². The van der Waals surface area contributed by atoms with Gasteiger partial charge in [0.25, 0.3) is 5.91 Å². The molecule has 6 rings (SSSR count). The minimum atomic E-state index is -5.08. The van der Waals surface area contributed by atoms with E-state index in [0.717, 1.165) is 53.9 Å². The molecule has 12 nitrogen and oxygen atoms in total. The molecule has 0 aliphatic carbocycles. The number of alkyl halides is 3. The number of hydrogen-bond donors (Lipinski definition) is 3. The Morgan fingerprint density at radius 2 is 1.86 bits per heavy atom. The lowest BCUT2D eigenvalue weighted by Gasteiger charge is -2.41. The molecule has 0 aromatic carbocycles. The van der Waals surface area contributed by atoms with E-state index in [1.807, 2.05) is 24.5 Å². The van der Waals surface area contributed by atoms with E-state index in [0.29, 0.717) is 16.4 Å². The minimum Gasteiger partial charge on any atom is -0.475 e. The van der Waals surface area contributed by atoms with Crippen LogP contribution in [0, 0.1) is 5.41 Å². The van der Waals surface area contributed by atoms with E-state index in [1.54, 1.807) is 42.5 Å². The van der Waals surface area contributed by atoms with Crippen molar-refractivity contribution in [2.45, 2.75) is 41.5 Å². The van der Waals surface area contributed by atoms with Gasteiger partial charge in [-0.1, -0.05) is 23.4 Å². The molecule has 1 atom stereocenters. The molecule has 4 aromatic rings. The van der Waals surface area contributed by atoms with E-state index >= 15 is 0 Å². The van der Waals surface area contributed by atoms with E-state index in [1.165, 1.54) is 11.8 Å². The number of rotatable bonds is 5. The SMILES string of the molecule is CNC(=O)c1ccn(-c2nccc(Sc3cnc(N4CCC5(CC4)Cn4nccc4[C@H]5N)cn3)c2Cl)c1.O=C(O)C(F)(F)F. The van der Waals surface area contributed by atoms with Crippen LogP contribution in [0.25, 0.3) is 5.82 Å². The van der Waals surface area contributed by atoms with E-state index in [4.69, 9.17) is 27.2 Å². The molecular formula is C27H27ClF3N9O3S. The Balaban J connectivity index is 0.000000493. The summed E-state index contributed by atoms with van der Waals surface area (Å²) in [5.41, 5.74) is 8.35. The molecule has 2 aliphatic rings. The van der Waals surface area contributed by atoms with Crippen molar-refractivity contribution in [1.82, 2.24) is 34.6 Å². The van der Waals surface area contributed by atoms with Gasteiger partial charge in [0, 0.05) is 61.8 Å². The van der Waals surface area contributed by atoms with Crippen LogP contribution in [0.15, 0.2) is 65.3 Å². The number of fused-ring (bicyclic) bond motifs is 1. The number of aromatic nitrogens is 6. The number of carbonyl (C=O) groups excluding carboxylic acids is 1. The third-order valence-corrected chi connectivity index (χ3v) is 9.07. The first-order chi connectivity index (χ1) is 20.9. The number of hydrogen-bond acceptors (Lipinski definition) is 9. The summed E-state index contributed by atoms with van der Waals surface area (Å²) in [5.74, 6) is -1.52. The van der Waals surface area contributed by atoms with Crippen molar-refractivity contribution in [2.75, 3.05) is 25.0 Å². The zero-order valence-electron chi connectivity index (χ0n) is 23.2. The van der Waals surface area contributed by atoms with Crippen LogP contribution < -0.4 is 16.0 Å². The van der Waals surface area contributed by atoms with Crippen LogP contribution in [-0.4, -0.2) is 72.6 Å². The van der Waals surface area contributed by atoms with Gasteiger partial charge >= 0.3 is 12.1 Å². The summed E-state index contributed by atoms with van der Waals surface area (Å²) in [6.07, 6.45) is 7.47. The molecule has 17 heteroatoms. The molecule has 1 spiro atoms. The molecule has 0 saturated carbocycles. The second-order valence-electron chi connectivity index (χ2n) is 10.2. The molecule has 4 aromatic heterocycles. The van der Waals surface area contributed by atoms with Crippen LogP contribution in [0.5, 0.6) is 0 Å². The lowest BCUT2D eigenvalue weighted by molar-refractivity contribution is -0.192. The van der Waals surface area contributed by atoms with E-state index in [-0.39, 0.29) is 17.4 Å². The van der Waals surface area contributed by atoms with Crippen LogP contribution in [0.1, 0.15) is 34.9 Å². The van der Waals surface area contributed by atoms with Crippen molar-refractivity contribution in [2.24, 2.45) is 11.1 Å². The number of anilines is 1. The summed E-state index contributed by atoms with van der Waals surface area (Å²) in [4.78, 5) is 37.6. The molecule has 0 bridgehead atoms. The summed E-state index contributed by atoms with van der Waals surface area (Å²) in [6.45, 7) is 2.65. The van der Waals surface area contributed by atoms with Gasteiger partial charge < -0.3 is 25.6 Å². The first-order valence-electron chi connectivity index (χ1n) is 13.3. The average Bonchev–Trinajstić information content (AvgIpc) is 3.73. The Hall–Kier alpha value is -4.15. The first-order valence-corrected chi connectivity index (χ1v) is 14.5. The third kappa shape index (κ3) is 6.37. The van der Waals surface area contributed by atoms with E-state index in [2.05, 4.69) is 34.9 Å². The second-order valence-corrected chi connectivity index (χ2v) is 11.6. The Morgan fingerprint density at radius 1 is 1.14 bits per heavy atom. The number of nitrogens with one attached hydrogen (secondary N) is 1. The maximum absolute atomic E-state index is 11.9. The smallest absolute Gasteiger partial charge is 0.475 e. The number of nitrogens with zero attached hydrogens (tertiary/aromatic N) is 7. The fourth-order valence-corrected chi connectivity index (χ4v) is 6.29. The number of halogens is 4. The van der Waals surface area contributed by atoms with Crippen LogP contribution >= 0.6 is 23.4 Å². The summed E-state index contributed by atoms with van der Waals surface area (Å²) in [7, 11) is 1.59. The number of nitrogens with two attached hydrogens (primary N) is 1. The molecule has 44 heavy (non-hydrogen) atoms. The second kappa shape index (κ2) is 12.5. The molecule has 1 fully saturated rings. The number of aliphatic carboxylic acids is 1. The van der Waals surface area contributed by atoms with Crippen molar-refractivity contribution in [1.29, 1.82) is 0 Å². The van der Waals surface area contributed by atoms with Gasteiger partial charge in [-0.3, -0.25) is 9.48 Å². The Kier molecular flexibility index (Phi) is 8.85. The number of carbonyl (C=O) groups is 2. The highest BCUT2D eigenvalue weighted by Crippen LogP contribution is 2.48. The standard InChI is InChI=1S/C25H26ClN9OS.C2HF3O2/c1-28-24(36)16-4-9-34(14-16)23-21(26)18(3-7-29-23)37-20-13-30-19(12-31-20)33-10-5-25(6-11-33)15-35-17(22(25)27)2-8-32-35;3-2(4,5)1(6)7/h2-4,7-9,12-14,22H,5-6,10-11,15,27H2,1H3,(H,28,36);(H,6,7)/t22-;/m1./s1. The van der Waals surface area contributed by atoms with Gasteiger partial charge in [0.05, 0.1) is 34.7 Å². The lowest BCUT2D eigenvalue weighted by atomic mass is 9.73. The number of amides is 1. The largest absolute Gasteiger partial charge is 0.490 e. The molecule has 2 aliphatic heterocycles. The van der Waals surface area contributed by atoms with Crippen LogP contribution in [0.4, 0.5) is 19.0 Å². The van der Waals surface area contributed by atoms with Crippen molar-refractivity contribution < 1.29 is 27.9 Å². The Labute approximate surface area is 258 Å². The van der Waals surface area contributed by atoms with Gasteiger partial charge in [-0.2, -0.15) is 18.3 Å². The minimum absolute atomic E-state index is 0.0268. The van der Waals surface area contributed by atoms with Crippen LogP contribution in [0.3, 0.4) is 0 Å². The summed E-state index contributed by atoms with van der Waals surface area (Å²) < 4.78 is 35.5. The van der Waals surface area contributed by atoms with Gasteiger partial charge in [-0.15, -0.1) is 0 Å². The van der Waals surface area contributed by atoms with Crippen molar-refractivity contribution in [3.05, 3.63) is 71.7 Å². The fraction of sp³-hybridized carbons (Fsp3) is 0.333. The first kappa shape index (κ1) is 31.3. The molecule has 1 amide bonds. The summed E-state index contributed by atoms with van der Waals surface area (Å²) in [5, 5.41) is 15.4. The summed E-state index contributed by atoms with van der Waals surface area (Å²) in [6, 6.07) is 5.62. The third-order valence-electron chi connectivity index (χ3n) is 7.61. The van der Waals surface area contributed by atoms with Crippen molar-refractivity contribution in [3.8, 4) is 5.82 Å². The zero-order chi connectivity index (χ0) is 31.6. The number of pyridine rings is 1. The molecule has 0 unspecified atom stereocenters. The number of piperidine rings is 1. The monoisotopic (exact) mass is 649 g/mol. The highest BCUT2D eigenvalue weighted by molar-refractivity contribution is 7.99. The van der Waals surface area contributed by atoms with Crippen molar-refractivity contribution >= 4 is 41.1 Å².